The quantitative estimate of drug-likeness (QED) is 0.595. The lowest BCUT2D eigenvalue weighted by Crippen LogP contribution is -2.49. The lowest BCUT2D eigenvalue weighted by Gasteiger charge is -2.28. The van der Waals surface area contributed by atoms with E-state index in [4.69, 9.17) is 5.11 Å². The number of urea groups is 1. The number of carboxylic acids is 1. The van der Waals surface area contributed by atoms with E-state index in [-0.39, 0.29) is 18.5 Å². The van der Waals surface area contributed by atoms with Gasteiger partial charge in [0.2, 0.25) is 0 Å². The van der Waals surface area contributed by atoms with Gasteiger partial charge in [0.15, 0.2) is 0 Å². The molecular weight excluding hydrogens is 260 g/mol. The van der Waals surface area contributed by atoms with Crippen molar-refractivity contribution in [3.63, 3.8) is 0 Å². The second kappa shape index (κ2) is 8.76. The lowest BCUT2D eigenvalue weighted by molar-refractivity contribution is -0.137. The molecule has 0 aromatic carbocycles. The number of carbonyl (C=O) groups is 2. The number of aliphatic carboxylic acids is 1. The lowest BCUT2D eigenvalue weighted by atomic mass is 10.2. The predicted molar refractivity (Wildman–Crippen MR) is 76.8 cm³/mol. The summed E-state index contributed by atoms with van der Waals surface area (Å²) in [4.78, 5) is 26.4. The Labute approximate surface area is 120 Å². The van der Waals surface area contributed by atoms with Crippen molar-refractivity contribution in [3.8, 4) is 0 Å². The van der Waals surface area contributed by atoms with Crippen molar-refractivity contribution in [2.45, 2.75) is 13.8 Å². The SMILES string of the molecule is CC(C)CN(CC(=O)O)C(=O)NCCN1CCNCC1. The van der Waals surface area contributed by atoms with Crippen LogP contribution in [0.1, 0.15) is 13.8 Å². The summed E-state index contributed by atoms with van der Waals surface area (Å²) < 4.78 is 0. The Kier molecular flexibility index (Phi) is 7.32. The molecule has 116 valence electrons. The van der Waals surface area contributed by atoms with Gasteiger partial charge < -0.3 is 20.6 Å². The summed E-state index contributed by atoms with van der Waals surface area (Å²) in [5, 5.41) is 14.9. The van der Waals surface area contributed by atoms with Crippen molar-refractivity contribution in [1.82, 2.24) is 20.4 Å². The van der Waals surface area contributed by atoms with Gasteiger partial charge in [-0.2, -0.15) is 0 Å². The number of hydrogen-bond acceptors (Lipinski definition) is 4. The van der Waals surface area contributed by atoms with Gasteiger partial charge in [0.05, 0.1) is 0 Å². The first-order chi connectivity index (χ1) is 9.49. The van der Waals surface area contributed by atoms with Crippen molar-refractivity contribution >= 4 is 12.0 Å². The summed E-state index contributed by atoms with van der Waals surface area (Å²) in [7, 11) is 0. The largest absolute Gasteiger partial charge is 0.480 e. The molecule has 1 aliphatic heterocycles. The molecule has 0 unspecified atom stereocenters. The second-order valence-corrected chi connectivity index (χ2v) is 5.49. The molecule has 0 spiro atoms. The van der Waals surface area contributed by atoms with E-state index in [1.54, 1.807) is 0 Å². The van der Waals surface area contributed by atoms with Crippen LogP contribution in [0.2, 0.25) is 0 Å². The Hall–Kier alpha value is -1.34. The van der Waals surface area contributed by atoms with E-state index in [0.717, 1.165) is 32.7 Å². The third-order valence-corrected chi connectivity index (χ3v) is 3.11. The highest BCUT2D eigenvalue weighted by molar-refractivity contribution is 5.80. The van der Waals surface area contributed by atoms with Gasteiger partial charge in [0.25, 0.3) is 0 Å². The number of carbonyl (C=O) groups excluding carboxylic acids is 1. The highest BCUT2D eigenvalue weighted by Gasteiger charge is 2.18. The average Bonchev–Trinajstić information content (AvgIpc) is 2.38. The molecule has 0 radical (unpaired) electrons. The smallest absolute Gasteiger partial charge is 0.323 e. The molecule has 0 atom stereocenters. The van der Waals surface area contributed by atoms with Gasteiger partial charge in [-0.05, 0) is 5.92 Å². The zero-order chi connectivity index (χ0) is 15.0. The van der Waals surface area contributed by atoms with E-state index in [2.05, 4.69) is 15.5 Å². The fraction of sp³-hybridized carbons (Fsp3) is 0.846. The highest BCUT2D eigenvalue weighted by atomic mass is 16.4. The van der Waals surface area contributed by atoms with Crippen LogP contribution in [0.3, 0.4) is 0 Å². The third-order valence-electron chi connectivity index (χ3n) is 3.11. The Morgan fingerprint density at radius 3 is 2.55 bits per heavy atom. The number of amides is 2. The maximum absolute atomic E-state index is 12.0. The van der Waals surface area contributed by atoms with E-state index < -0.39 is 5.97 Å². The molecular formula is C13H26N4O3. The minimum Gasteiger partial charge on any atom is -0.480 e. The number of carboxylic acid groups (broad SMARTS) is 1. The van der Waals surface area contributed by atoms with Gasteiger partial charge in [-0.25, -0.2) is 4.79 Å². The molecule has 20 heavy (non-hydrogen) atoms. The summed E-state index contributed by atoms with van der Waals surface area (Å²) >= 11 is 0. The van der Waals surface area contributed by atoms with Gasteiger partial charge in [0.1, 0.15) is 6.54 Å². The van der Waals surface area contributed by atoms with Crippen molar-refractivity contribution in [2.75, 3.05) is 52.4 Å². The fourth-order valence-electron chi connectivity index (χ4n) is 2.19. The standard InChI is InChI=1S/C13H26N4O3/c1-11(2)9-17(10-12(18)19)13(20)15-5-8-16-6-3-14-4-7-16/h11,14H,3-10H2,1-2H3,(H,15,20)(H,18,19). The summed E-state index contributed by atoms with van der Waals surface area (Å²) in [6.07, 6.45) is 0. The summed E-state index contributed by atoms with van der Waals surface area (Å²) in [6, 6.07) is -0.295. The zero-order valence-corrected chi connectivity index (χ0v) is 12.4. The van der Waals surface area contributed by atoms with Crippen LogP contribution in [0.5, 0.6) is 0 Å². The fourth-order valence-corrected chi connectivity index (χ4v) is 2.19. The molecule has 1 fully saturated rings. The van der Waals surface area contributed by atoms with E-state index >= 15 is 0 Å². The first kappa shape index (κ1) is 16.7. The van der Waals surface area contributed by atoms with Crippen molar-refractivity contribution in [1.29, 1.82) is 0 Å². The highest BCUT2D eigenvalue weighted by Crippen LogP contribution is 1.99. The van der Waals surface area contributed by atoms with Crippen LogP contribution in [0.25, 0.3) is 0 Å². The van der Waals surface area contributed by atoms with Crippen molar-refractivity contribution < 1.29 is 14.7 Å². The number of piperazine rings is 1. The summed E-state index contributed by atoms with van der Waals surface area (Å²) in [5.74, 6) is -0.740. The van der Waals surface area contributed by atoms with Gasteiger partial charge in [-0.15, -0.1) is 0 Å². The second-order valence-electron chi connectivity index (χ2n) is 5.49. The molecule has 1 heterocycles. The third kappa shape index (κ3) is 6.72. The van der Waals surface area contributed by atoms with E-state index in [0.29, 0.717) is 13.1 Å². The van der Waals surface area contributed by atoms with Crippen LogP contribution in [0, 0.1) is 5.92 Å². The summed E-state index contributed by atoms with van der Waals surface area (Å²) in [5.41, 5.74) is 0. The maximum atomic E-state index is 12.0. The minimum atomic E-state index is -0.983. The molecule has 1 saturated heterocycles. The van der Waals surface area contributed by atoms with Crippen LogP contribution < -0.4 is 10.6 Å². The molecule has 3 N–H and O–H groups in total. The molecule has 1 aliphatic rings. The Balaban J connectivity index is 2.30. The molecule has 0 saturated carbocycles. The van der Waals surface area contributed by atoms with E-state index in [1.807, 2.05) is 13.8 Å². The number of hydrogen-bond donors (Lipinski definition) is 3. The first-order valence-corrected chi connectivity index (χ1v) is 7.16. The van der Waals surface area contributed by atoms with Gasteiger partial charge in [-0.1, -0.05) is 13.8 Å². The first-order valence-electron chi connectivity index (χ1n) is 7.16. The normalized spacial score (nSPS) is 16.1. The van der Waals surface area contributed by atoms with Crippen LogP contribution in [0.15, 0.2) is 0 Å². The molecule has 0 aromatic rings. The van der Waals surface area contributed by atoms with Gasteiger partial charge in [-0.3, -0.25) is 9.69 Å². The van der Waals surface area contributed by atoms with E-state index in [9.17, 15) is 9.59 Å². The molecule has 0 aromatic heterocycles. The molecule has 0 bridgehead atoms. The number of rotatable bonds is 7. The average molecular weight is 286 g/mol. The number of nitrogens with one attached hydrogen (secondary N) is 2. The Morgan fingerprint density at radius 1 is 1.35 bits per heavy atom. The van der Waals surface area contributed by atoms with Crippen molar-refractivity contribution in [3.05, 3.63) is 0 Å². The van der Waals surface area contributed by atoms with Crippen LogP contribution in [-0.4, -0.2) is 79.3 Å². The van der Waals surface area contributed by atoms with Gasteiger partial charge in [0, 0.05) is 45.8 Å². The van der Waals surface area contributed by atoms with Crippen LogP contribution in [-0.2, 0) is 4.79 Å². The predicted octanol–water partition coefficient (Wildman–Crippen LogP) is -0.356. The minimum absolute atomic E-state index is 0.244. The van der Waals surface area contributed by atoms with Gasteiger partial charge >= 0.3 is 12.0 Å². The Morgan fingerprint density at radius 2 is 2.00 bits per heavy atom. The maximum Gasteiger partial charge on any atom is 0.323 e. The van der Waals surface area contributed by atoms with E-state index in [1.165, 1.54) is 4.90 Å². The van der Waals surface area contributed by atoms with Crippen molar-refractivity contribution in [2.24, 2.45) is 5.92 Å². The number of nitrogens with zero attached hydrogens (tertiary/aromatic N) is 2. The topological polar surface area (TPSA) is 84.9 Å². The molecule has 2 amide bonds. The molecule has 1 rings (SSSR count). The molecule has 0 aliphatic carbocycles. The van der Waals surface area contributed by atoms with Crippen LogP contribution in [0.4, 0.5) is 4.79 Å². The summed E-state index contributed by atoms with van der Waals surface area (Å²) in [6.45, 7) is 9.40. The monoisotopic (exact) mass is 286 g/mol. The Bertz CT molecular complexity index is 317. The van der Waals surface area contributed by atoms with Crippen LogP contribution >= 0.6 is 0 Å². The zero-order valence-electron chi connectivity index (χ0n) is 12.4. The molecule has 7 heteroatoms. The molecule has 7 nitrogen and oxygen atoms in total.